The van der Waals surface area contributed by atoms with Gasteiger partial charge in [-0.3, -0.25) is 4.99 Å². The fourth-order valence-corrected chi connectivity index (χ4v) is 1.41. The molecule has 15 heavy (non-hydrogen) atoms. The van der Waals surface area contributed by atoms with Crippen molar-refractivity contribution >= 4 is 15.7 Å². The molecule has 0 unspecified atom stereocenters. The zero-order valence-electron chi connectivity index (χ0n) is 7.32. The summed E-state index contributed by atoms with van der Waals surface area (Å²) < 4.78 is 58.1. The summed E-state index contributed by atoms with van der Waals surface area (Å²) in [4.78, 5) is 2.68. The first-order valence-corrected chi connectivity index (χ1v) is 5.29. The Morgan fingerprint density at radius 2 is 2.00 bits per heavy atom. The molecule has 1 aliphatic rings. The highest BCUT2D eigenvalue weighted by molar-refractivity contribution is 7.93. The Kier molecular flexibility index (Phi) is 3.00. The van der Waals surface area contributed by atoms with Crippen LogP contribution in [-0.4, -0.2) is 20.3 Å². The topological polar surface area (TPSA) is 72.5 Å². The number of hydrogen-bond acceptors (Lipinski definition) is 3. The van der Waals surface area contributed by atoms with Gasteiger partial charge in [-0.25, -0.2) is 13.6 Å². The van der Waals surface area contributed by atoms with E-state index in [2.05, 4.69) is 4.99 Å². The van der Waals surface area contributed by atoms with Crippen LogP contribution < -0.4 is 5.14 Å². The Hall–Kier alpha value is -1.15. The lowest BCUT2D eigenvalue weighted by molar-refractivity contribution is -0.0576. The molecule has 2 N–H and O–H groups in total. The van der Waals surface area contributed by atoms with E-state index in [1.807, 2.05) is 0 Å². The molecule has 4 nitrogen and oxygen atoms in total. The van der Waals surface area contributed by atoms with Gasteiger partial charge in [0.1, 0.15) is 5.71 Å². The zero-order chi connectivity index (χ0) is 11.7. The molecule has 0 saturated heterocycles. The number of hydrogen-bond donors (Lipinski definition) is 1. The quantitative estimate of drug-likeness (QED) is 0.744. The molecule has 0 atom stereocenters. The van der Waals surface area contributed by atoms with Gasteiger partial charge in [0.05, 0.1) is 4.91 Å². The molecule has 0 bridgehead atoms. The van der Waals surface area contributed by atoms with Gasteiger partial charge in [-0.05, 0) is 6.08 Å². The summed E-state index contributed by atoms with van der Waals surface area (Å²) in [6, 6.07) is 0. The van der Waals surface area contributed by atoms with Crippen molar-refractivity contribution in [3.63, 3.8) is 0 Å². The van der Waals surface area contributed by atoms with Gasteiger partial charge in [0, 0.05) is 12.6 Å². The molecular weight excluding hydrogens is 233 g/mol. The number of primary sulfonamides is 1. The molecule has 1 heterocycles. The van der Waals surface area contributed by atoms with E-state index >= 15 is 0 Å². The average Bonchev–Trinajstić information content (AvgIpc) is 2.24. The van der Waals surface area contributed by atoms with Crippen molar-refractivity contribution in [2.45, 2.75) is 12.6 Å². The van der Waals surface area contributed by atoms with E-state index in [1.165, 1.54) is 0 Å². The van der Waals surface area contributed by atoms with Gasteiger partial charge in [0.2, 0.25) is 10.0 Å². The summed E-state index contributed by atoms with van der Waals surface area (Å²) in [6.07, 6.45) is -2.40. The average molecular weight is 240 g/mol. The number of halogens is 3. The standard InChI is InChI=1S/C7H7F3N2O2S/c8-7(9,10)6-3-1-2-5(4-12-6)15(11,13)14/h1,3-4H,2H2,(H2,11,13,14). The second-order valence-electron chi connectivity index (χ2n) is 2.76. The Balaban J connectivity index is 3.11. The van der Waals surface area contributed by atoms with Gasteiger partial charge < -0.3 is 0 Å². The second-order valence-corrected chi connectivity index (χ2v) is 4.37. The highest BCUT2D eigenvalue weighted by Crippen LogP contribution is 2.21. The number of aliphatic imine (C=N–C) groups is 1. The van der Waals surface area contributed by atoms with Crippen molar-refractivity contribution in [1.82, 2.24) is 0 Å². The van der Waals surface area contributed by atoms with Crippen molar-refractivity contribution < 1.29 is 21.6 Å². The number of nitrogens with two attached hydrogens (primary N) is 1. The van der Waals surface area contributed by atoms with Crippen molar-refractivity contribution in [2.24, 2.45) is 10.1 Å². The summed E-state index contributed by atoms with van der Waals surface area (Å²) in [5, 5.41) is 4.75. The minimum Gasteiger partial charge on any atom is -0.251 e. The lowest BCUT2D eigenvalue weighted by Crippen LogP contribution is -2.20. The third-order valence-electron chi connectivity index (χ3n) is 1.60. The predicted molar refractivity (Wildman–Crippen MR) is 48.4 cm³/mol. The maximum atomic E-state index is 12.2. The molecule has 0 amide bonds. The molecule has 0 saturated carbocycles. The van der Waals surface area contributed by atoms with E-state index < -0.39 is 21.9 Å². The summed E-state index contributed by atoms with van der Waals surface area (Å²) in [7, 11) is -3.98. The van der Waals surface area contributed by atoms with Gasteiger partial charge in [0.15, 0.2) is 0 Å². The fraction of sp³-hybridized carbons (Fsp3) is 0.286. The second kappa shape index (κ2) is 3.78. The lowest BCUT2D eigenvalue weighted by atomic mass is 10.3. The van der Waals surface area contributed by atoms with Crippen LogP contribution in [0.1, 0.15) is 6.42 Å². The first-order chi connectivity index (χ1) is 6.71. The Labute approximate surface area is 84.0 Å². The summed E-state index contributed by atoms with van der Waals surface area (Å²) in [5.74, 6) is 0. The van der Waals surface area contributed by atoms with E-state index in [1.54, 1.807) is 0 Å². The van der Waals surface area contributed by atoms with Gasteiger partial charge in [0.25, 0.3) is 0 Å². The SMILES string of the molecule is NS(=O)(=O)C1=CN=C(C(F)(F)F)C=CC1. The van der Waals surface area contributed by atoms with Gasteiger partial charge in [-0.2, -0.15) is 13.2 Å². The Bertz CT molecular complexity index is 445. The van der Waals surface area contributed by atoms with Gasteiger partial charge in [-0.15, -0.1) is 0 Å². The normalized spacial score (nSPS) is 18.1. The van der Waals surface area contributed by atoms with Crippen LogP contribution in [0.5, 0.6) is 0 Å². The summed E-state index contributed by atoms with van der Waals surface area (Å²) >= 11 is 0. The van der Waals surface area contributed by atoms with E-state index in [4.69, 9.17) is 5.14 Å². The molecule has 8 heteroatoms. The molecule has 0 aromatic heterocycles. The molecular formula is C7H7F3N2O2S. The highest BCUT2D eigenvalue weighted by atomic mass is 32.2. The number of allylic oxidation sites excluding steroid dienone is 3. The van der Waals surface area contributed by atoms with Gasteiger partial charge in [-0.1, -0.05) is 6.08 Å². The van der Waals surface area contributed by atoms with Crippen LogP contribution in [0.15, 0.2) is 28.2 Å². The largest absolute Gasteiger partial charge is 0.433 e. The molecule has 0 spiro atoms. The molecule has 0 aliphatic carbocycles. The predicted octanol–water partition coefficient (Wildman–Crippen LogP) is 1.08. The molecule has 0 radical (unpaired) electrons. The van der Waals surface area contributed by atoms with E-state index in [-0.39, 0.29) is 11.3 Å². The number of sulfonamides is 1. The van der Waals surface area contributed by atoms with E-state index in [0.717, 1.165) is 6.08 Å². The van der Waals surface area contributed by atoms with Gasteiger partial charge >= 0.3 is 6.18 Å². The Morgan fingerprint density at radius 3 is 2.47 bits per heavy atom. The summed E-state index contributed by atoms with van der Waals surface area (Å²) in [5.41, 5.74) is -1.15. The molecule has 84 valence electrons. The third-order valence-corrected chi connectivity index (χ3v) is 2.60. The summed E-state index contributed by atoms with van der Waals surface area (Å²) in [6.45, 7) is 0. The van der Waals surface area contributed by atoms with Crippen molar-refractivity contribution in [3.8, 4) is 0 Å². The lowest BCUT2D eigenvalue weighted by Gasteiger charge is -2.03. The van der Waals surface area contributed by atoms with Crippen LogP contribution >= 0.6 is 0 Å². The van der Waals surface area contributed by atoms with Crippen molar-refractivity contribution in [1.29, 1.82) is 0 Å². The van der Waals surface area contributed by atoms with Crippen LogP contribution in [0.4, 0.5) is 13.2 Å². The highest BCUT2D eigenvalue weighted by Gasteiger charge is 2.34. The molecule has 1 aliphatic heterocycles. The maximum absolute atomic E-state index is 12.2. The monoisotopic (exact) mass is 240 g/mol. The smallest absolute Gasteiger partial charge is 0.251 e. The molecule has 1 rings (SSSR count). The van der Waals surface area contributed by atoms with E-state index in [0.29, 0.717) is 12.3 Å². The van der Waals surface area contributed by atoms with Crippen LogP contribution in [-0.2, 0) is 10.0 Å². The Morgan fingerprint density at radius 1 is 1.40 bits per heavy atom. The van der Waals surface area contributed by atoms with Crippen LogP contribution in [0.25, 0.3) is 0 Å². The van der Waals surface area contributed by atoms with Crippen LogP contribution in [0, 0.1) is 0 Å². The maximum Gasteiger partial charge on any atom is 0.433 e. The first-order valence-electron chi connectivity index (χ1n) is 3.74. The zero-order valence-corrected chi connectivity index (χ0v) is 8.14. The van der Waals surface area contributed by atoms with Crippen LogP contribution in [0.3, 0.4) is 0 Å². The molecule has 0 fully saturated rings. The molecule has 0 aromatic carbocycles. The minimum absolute atomic E-state index is 0.193. The van der Waals surface area contributed by atoms with Crippen LogP contribution in [0.2, 0.25) is 0 Å². The minimum atomic E-state index is -4.60. The number of nitrogens with zero attached hydrogens (tertiary/aromatic N) is 1. The number of alkyl halides is 3. The molecule has 0 aromatic rings. The van der Waals surface area contributed by atoms with E-state index in [9.17, 15) is 21.6 Å². The number of rotatable bonds is 1. The van der Waals surface area contributed by atoms with Crippen molar-refractivity contribution in [3.05, 3.63) is 23.3 Å². The van der Waals surface area contributed by atoms with Crippen molar-refractivity contribution in [2.75, 3.05) is 0 Å². The third kappa shape index (κ3) is 3.17. The first kappa shape index (κ1) is 11.9. The fourth-order valence-electron chi connectivity index (χ4n) is 0.881.